The first-order chi connectivity index (χ1) is 7.81. The van der Waals surface area contributed by atoms with Crippen molar-refractivity contribution in [1.82, 2.24) is 4.98 Å². The lowest BCUT2D eigenvalue weighted by Gasteiger charge is -2.01. The van der Waals surface area contributed by atoms with Crippen LogP contribution < -0.4 is 4.74 Å². The van der Waals surface area contributed by atoms with Gasteiger partial charge >= 0.3 is 0 Å². The molecule has 0 radical (unpaired) electrons. The van der Waals surface area contributed by atoms with Crippen LogP contribution in [-0.2, 0) is 6.42 Å². The van der Waals surface area contributed by atoms with Gasteiger partial charge in [0.05, 0.1) is 17.0 Å². The number of aldehydes is 1. The van der Waals surface area contributed by atoms with Crippen molar-refractivity contribution in [2.24, 2.45) is 0 Å². The summed E-state index contributed by atoms with van der Waals surface area (Å²) in [5, 5.41) is 0.951. The minimum absolute atomic E-state index is 0.670. The van der Waals surface area contributed by atoms with Crippen LogP contribution in [0.4, 0.5) is 0 Å². The fourth-order valence-corrected chi connectivity index (χ4v) is 2.15. The van der Waals surface area contributed by atoms with Crippen molar-refractivity contribution in [3.05, 3.63) is 45.9 Å². The molecular formula is C12H11NO2S. The number of nitrogens with zero attached hydrogens (tertiary/aromatic N) is 1. The lowest BCUT2D eigenvalue weighted by atomic mass is 10.1. The zero-order valence-electron chi connectivity index (χ0n) is 8.84. The molecule has 0 aliphatic carbocycles. The minimum Gasteiger partial charge on any atom is -0.497 e. The normalized spacial score (nSPS) is 10.1. The monoisotopic (exact) mass is 233 g/mol. The van der Waals surface area contributed by atoms with E-state index >= 15 is 0 Å². The van der Waals surface area contributed by atoms with E-state index in [1.807, 2.05) is 24.3 Å². The molecule has 0 spiro atoms. The number of carbonyl (C=O) groups excluding carboxylic acids is 1. The first-order valence-electron chi connectivity index (χ1n) is 4.84. The van der Waals surface area contributed by atoms with Crippen LogP contribution in [0.25, 0.3) is 0 Å². The second-order valence-electron chi connectivity index (χ2n) is 3.30. The number of rotatable bonds is 4. The predicted molar refractivity (Wildman–Crippen MR) is 63.3 cm³/mol. The summed E-state index contributed by atoms with van der Waals surface area (Å²) in [7, 11) is 1.65. The molecule has 2 aromatic rings. The second-order valence-corrected chi connectivity index (χ2v) is 4.45. The fraction of sp³-hybridized carbons (Fsp3) is 0.167. The second kappa shape index (κ2) is 4.90. The maximum absolute atomic E-state index is 10.5. The van der Waals surface area contributed by atoms with Gasteiger partial charge in [0.1, 0.15) is 5.75 Å². The average molecular weight is 233 g/mol. The first-order valence-corrected chi connectivity index (χ1v) is 5.66. The molecule has 1 aromatic carbocycles. The molecule has 0 saturated heterocycles. The zero-order chi connectivity index (χ0) is 11.4. The smallest absolute Gasteiger partial charge is 0.161 e. The van der Waals surface area contributed by atoms with Crippen LogP contribution in [0.5, 0.6) is 5.75 Å². The maximum Gasteiger partial charge on any atom is 0.161 e. The standard InChI is InChI=1S/C12H11NO2S/c1-15-10-4-2-9(3-5-10)6-12-13-7-11(8-14)16-12/h2-5,7-8H,6H2,1H3. The molecule has 16 heavy (non-hydrogen) atoms. The van der Waals surface area contributed by atoms with Crippen LogP contribution in [0.3, 0.4) is 0 Å². The third-order valence-electron chi connectivity index (χ3n) is 2.20. The van der Waals surface area contributed by atoms with E-state index in [9.17, 15) is 4.79 Å². The lowest BCUT2D eigenvalue weighted by molar-refractivity contribution is 0.112. The van der Waals surface area contributed by atoms with Crippen molar-refractivity contribution in [1.29, 1.82) is 0 Å². The maximum atomic E-state index is 10.5. The molecule has 0 aliphatic heterocycles. The van der Waals surface area contributed by atoms with Gasteiger partial charge in [0, 0.05) is 12.6 Å². The van der Waals surface area contributed by atoms with E-state index < -0.39 is 0 Å². The van der Waals surface area contributed by atoms with Crippen molar-refractivity contribution in [3.8, 4) is 5.75 Å². The largest absolute Gasteiger partial charge is 0.497 e. The summed E-state index contributed by atoms with van der Waals surface area (Å²) in [6.45, 7) is 0. The predicted octanol–water partition coefficient (Wildman–Crippen LogP) is 2.56. The Morgan fingerprint density at radius 3 is 2.69 bits per heavy atom. The molecule has 0 bridgehead atoms. The van der Waals surface area contributed by atoms with Crippen molar-refractivity contribution in [3.63, 3.8) is 0 Å². The highest BCUT2D eigenvalue weighted by Crippen LogP contribution is 2.17. The van der Waals surface area contributed by atoms with E-state index in [-0.39, 0.29) is 0 Å². The highest BCUT2D eigenvalue weighted by Gasteiger charge is 2.02. The fourth-order valence-electron chi connectivity index (χ4n) is 1.38. The van der Waals surface area contributed by atoms with Gasteiger partial charge in [-0.2, -0.15) is 0 Å². The number of carbonyl (C=O) groups is 1. The summed E-state index contributed by atoms with van der Waals surface area (Å²) in [4.78, 5) is 15.4. The summed E-state index contributed by atoms with van der Waals surface area (Å²) in [5.74, 6) is 0.844. The van der Waals surface area contributed by atoms with E-state index in [1.165, 1.54) is 11.3 Å². The number of hydrogen-bond acceptors (Lipinski definition) is 4. The SMILES string of the molecule is COc1ccc(Cc2ncc(C=O)s2)cc1. The Labute approximate surface area is 97.7 Å². The topological polar surface area (TPSA) is 39.2 Å². The number of hydrogen-bond donors (Lipinski definition) is 0. The first kappa shape index (κ1) is 10.8. The molecule has 1 heterocycles. The van der Waals surface area contributed by atoms with Crippen molar-refractivity contribution >= 4 is 17.6 Å². The molecule has 1 aromatic heterocycles. The molecule has 0 aliphatic rings. The summed E-state index contributed by atoms with van der Waals surface area (Å²) < 4.78 is 5.08. The molecule has 0 saturated carbocycles. The van der Waals surface area contributed by atoms with Gasteiger partial charge in [-0.05, 0) is 17.7 Å². The molecule has 0 fully saturated rings. The van der Waals surface area contributed by atoms with Crippen molar-refractivity contribution in [2.45, 2.75) is 6.42 Å². The number of benzene rings is 1. The van der Waals surface area contributed by atoms with Crippen LogP contribution in [0, 0.1) is 0 Å². The Kier molecular flexibility index (Phi) is 3.31. The number of thiazole rings is 1. The molecular weight excluding hydrogens is 222 g/mol. The number of aromatic nitrogens is 1. The Bertz CT molecular complexity index is 476. The van der Waals surface area contributed by atoms with Crippen molar-refractivity contribution < 1.29 is 9.53 Å². The van der Waals surface area contributed by atoms with E-state index in [4.69, 9.17) is 4.74 Å². The van der Waals surface area contributed by atoms with Crippen molar-refractivity contribution in [2.75, 3.05) is 7.11 Å². The highest BCUT2D eigenvalue weighted by atomic mass is 32.1. The van der Waals surface area contributed by atoms with Crippen LogP contribution in [0.15, 0.2) is 30.5 Å². The van der Waals surface area contributed by atoms with Gasteiger partial charge in [-0.15, -0.1) is 11.3 Å². The summed E-state index contributed by atoms with van der Waals surface area (Å²) in [6, 6.07) is 7.84. The molecule has 0 unspecified atom stereocenters. The molecule has 0 atom stereocenters. The van der Waals surface area contributed by atoms with Gasteiger partial charge in [0.25, 0.3) is 0 Å². The van der Waals surface area contributed by atoms with Crippen LogP contribution in [-0.4, -0.2) is 18.4 Å². The molecule has 4 heteroatoms. The van der Waals surface area contributed by atoms with Gasteiger partial charge in [0.2, 0.25) is 0 Å². The third-order valence-corrected chi connectivity index (χ3v) is 3.12. The van der Waals surface area contributed by atoms with Gasteiger partial charge in [-0.3, -0.25) is 4.79 Å². The minimum atomic E-state index is 0.670. The van der Waals surface area contributed by atoms with Gasteiger partial charge < -0.3 is 4.74 Å². The van der Waals surface area contributed by atoms with Gasteiger partial charge in [-0.25, -0.2) is 4.98 Å². The van der Waals surface area contributed by atoms with E-state index in [0.717, 1.165) is 29.0 Å². The Morgan fingerprint density at radius 2 is 2.12 bits per heavy atom. The molecule has 2 rings (SSSR count). The molecule has 82 valence electrons. The quantitative estimate of drug-likeness (QED) is 0.762. The highest BCUT2D eigenvalue weighted by molar-refractivity contribution is 7.13. The number of ether oxygens (including phenoxy) is 1. The van der Waals surface area contributed by atoms with E-state index in [2.05, 4.69) is 4.98 Å². The Balaban J connectivity index is 2.10. The van der Waals surface area contributed by atoms with E-state index in [1.54, 1.807) is 13.3 Å². The van der Waals surface area contributed by atoms with Crippen LogP contribution in [0.2, 0.25) is 0 Å². The van der Waals surface area contributed by atoms with Crippen LogP contribution >= 0.6 is 11.3 Å². The Morgan fingerprint density at radius 1 is 1.38 bits per heavy atom. The summed E-state index contributed by atoms with van der Waals surface area (Å²) >= 11 is 1.43. The van der Waals surface area contributed by atoms with Crippen LogP contribution in [0.1, 0.15) is 20.2 Å². The lowest BCUT2D eigenvalue weighted by Crippen LogP contribution is -1.87. The molecule has 0 N–H and O–H groups in total. The molecule has 3 nitrogen and oxygen atoms in total. The van der Waals surface area contributed by atoms with Gasteiger partial charge in [0.15, 0.2) is 6.29 Å². The van der Waals surface area contributed by atoms with E-state index in [0.29, 0.717) is 4.88 Å². The average Bonchev–Trinajstić information content (AvgIpc) is 2.78. The zero-order valence-corrected chi connectivity index (χ0v) is 9.66. The third kappa shape index (κ3) is 2.46. The Hall–Kier alpha value is -1.68. The summed E-state index contributed by atoms with van der Waals surface area (Å²) in [6.07, 6.45) is 3.19. The van der Waals surface area contributed by atoms with Gasteiger partial charge in [-0.1, -0.05) is 12.1 Å². The summed E-state index contributed by atoms with van der Waals surface area (Å²) in [5.41, 5.74) is 1.16. The number of methoxy groups -OCH3 is 1. The molecule has 0 amide bonds.